The van der Waals surface area contributed by atoms with Crippen LogP contribution in [-0.2, 0) is 4.79 Å². The van der Waals surface area contributed by atoms with Crippen LogP contribution in [-0.4, -0.2) is 15.9 Å². The predicted octanol–water partition coefficient (Wildman–Crippen LogP) is 5.26. The molecule has 0 aromatic carbocycles. The van der Waals surface area contributed by atoms with Gasteiger partial charge >= 0.3 is 0 Å². The average molecular weight is 429 g/mol. The van der Waals surface area contributed by atoms with Crippen molar-refractivity contribution < 1.29 is 4.79 Å². The molecule has 0 aliphatic heterocycles. The summed E-state index contributed by atoms with van der Waals surface area (Å²) in [6, 6.07) is 0. The third-order valence-electron chi connectivity index (χ3n) is 7.11. The van der Waals surface area contributed by atoms with E-state index < -0.39 is 0 Å². The number of fused-ring (bicyclic) bond motifs is 3. The molecule has 1 amide bonds. The van der Waals surface area contributed by atoms with Crippen molar-refractivity contribution in [1.82, 2.24) is 5.32 Å². The van der Waals surface area contributed by atoms with Crippen LogP contribution in [0.15, 0.2) is 11.6 Å². The van der Waals surface area contributed by atoms with Gasteiger partial charge in [-0.2, -0.15) is 0 Å². The highest BCUT2D eigenvalue weighted by molar-refractivity contribution is 14.1. The second kappa shape index (κ2) is 6.03. The van der Waals surface area contributed by atoms with Gasteiger partial charge in [-0.1, -0.05) is 61.4 Å². The van der Waals surface area contributed by atoms with Crippen molar-refractivity contribution >= 4 is 28.5 Å². The summed E-state index contributed by atoms with van der Waals surface area (Å²) in [6.45, 7) is 9.89. The molecule has 3 rings (SSSR count). The molecule has 2 fully saturated rings. The highest BCUT2D eigenvalue weighted by Gasteiger charge is 2.57. The smallest absolute Gasteiger partial charge is 0.226 e. The van der Waals surface area contributed by atoms with Crippen molar-refractivity contribution in [3.05, 3.63) is 11.6 Å². The number of halogens is 1. The number of allylic oxidation sites excluding steroid dienone is 2. The fourth-order valence-corrected chi connectivity index (χ4v) is 6.76. The van der Waals surface area contributed by atoms with E-state index >= 15 is 0 Å². The van der Waals surface area contributed by atoms with E-state index in [2.05, 4.69) is 54.8 Å². The minimum Gasteiger partial charge on any atom is -0.356 e. The largest absolute Gasteiger partial charge is 0.356 e. The Balaban J connectivity index is 1.95. The summed E-state index contributed by atoms with van der Waals surface area (Å²) in [7, 11) is 0. The molecular weight excluding hydrogens is 397 g/mol. The number of hydrogen-bond donors (Lipinski definition) is 1. The lowest BCUT2D eigenvalue weighted by atomic mass is 9.46. The molecule has 130 valence electrons. The Hall–Kier alpha value is -0.0600. The Kier molecular flexibility index (Phi) is 4.66. The second-order valence-electron chi connectivity index (χ2n) is 8.86. The molecule has 2 nitrogen and oxygen atoms in total. The van der Waals surface area contributed by atoms with Crippen molar-refractivity contribution in [3.63, 3.8) is 0 Å². The van der Waals surface area contributed by atoms with E-state index in [1.165, 1.54) is 38.5 Å². The first-order chi connectivity index (χ1) is 10.7. The molecule has 3 aliphatic rings. The topological polar surface area (TPSA) is 29.1 Å². The molecule has 0 radical (unpaired) electrons. The number of amides is 1. The van der Waals surface area contributed by atoms with Gasteiger partial charge in [-0.3, -0.25) is 4.79 Å². The molecule has 1 N–H and O–H groups in total. The van der Waals surface area contributed by atoms with Gasteiger partial charge in [0.1, 0.15) is 0 Å². The first-order valence-electron chi connectivity index (χ1n) is 9.41. The normalized spacial score (nSPS) is 46.4. The molecule has 0 saturated heterocycles. The van der Waals surface area contributed by atoms with Crippen LogP contribution in [0.4, 0.5) is 0 Å². The zero-order valence-corrected chi connectivity index (χ0v) is 17.3. The molecule has 0 aromatic heterocycles. The Bertz CT molecular complexity index is 526. The Morgan fingerprint density at radius 1 is 1.30 bits per heavy atom. The van der Waals surface area contributed by atoms with E-state index in [1.807, 2.05) is 6.92 Å². The fourth-order valence-electron chi connectivity index (χ4n) is 6.01. The molecule has 2 saturated carbocycles. The molecule has 0 aromatic rings. The van der Waals surface area contributed by atoms with Crippen LogP contribution in [0.25, 0.3) is 0 Å². The van der Waals surface area contributed by atoms with Gasteiger partial charge in [0.15, 0.2) is 0 Å². The minimum absolute atomic E-state index is 0.181. The molecule has 3 heteroatoms. The summed E-state index contributed by atoms with van der Waals surface area (Å²) in [5.41, 5.74) is 1.77. The molecule has 2 unspecified atom stereocenters. The van der Waals surface area contributed by atoms with Crippen molar-refractivity contribution in [2.75, 3.05) is 6.54 Å². The minimum atomic E-state index is -0.181. The van der Waals surface area contributed by atoms with Crippen molar-refractivity contribution in [1.29, 1.82) is 0 Å². The van der Waals surface area contributed by atoms with Gasteiger partial charge in [-0.05, 0) is 62.7 Å². The lowest BCUT2D eigenvalue weighted by molar-refractivity contribution is -0.141. The van der Waals surface area contributed by atoms with Crippen LogP contribution in [0, 0.1) is 22.7 Å². The molecule has 0 heterocycles. The van der Waals surface area contributed by atoms with Crippen LogP contribution in [0.5, 0.6) is 0 Å². The summed E-state index contributed by atoms with van der Waals surface area (Å²) >= 11 is 2.65. The molecule has 0 spiro atoms. The monoisotopic (exact) mass is 429 g/mol. The van der Waals surface area contributed by atoms with Crippen molar-refractivity contribution in [2.24, 2.45) is 22.7 Å². The summed E-state index contributed by atoms with van der Waals surface area (Å²) in [5, 5.41) is 3.13. The SMILES string of the molecule is CCNC(=O)[C@]1(C)CCC[C@@]2(C)C3=CC[C@](C)(I)CC3CCC12. The third kappa shape index (κ3) is 2.89. The summed E-state index contributed by atoms with van der Waals surface area (Å²) in [5.74, 6) is 1.56. The van der Waals surface area contributed by atoms with Crippen molar-refractivity contribution in [3.8, 4) is 0 Å². The lowest BCUT2D eigenvalue weighted by Gasteiger charge is -2.58. The fraction of sp³-hybridized carbons (Fsp3) is 0.850. The maximum Gasteiger partial charge on any atom is 0.226 e. The molecule has 23 heavy (non-hydrogen) atoms. The van der Waals surface area contributed by atoms with Crippen LogP contribution >= 0.6 is 22.6 Å². The van der Waals surface area contributed by atoms with Gasteiger partial charge in [0.2, 0.25) is 5.91 Å². The molecule has 3 aliphatic carbocycles. The quantitative estimate of drug-likeness (QED) is 0.362. The first-order valence-corrected chi connectivity index (χ1v) is 10.5. The predicted molar refractivity (Wildman–Crippen MR) is 105 cm³/mol. The van der Waals surface area contributed by atoms with Gasteiger partial charge in [-0.15, -0.1) is 0 Å². The Morgan fingerprint density at radius 2 is 2.04 bits per heavy atom. The van der Waals surface area contributed by atoms with Gasteiger partial charge in [0.05, 0.1) is 0 Å². The van der Waals surface area contributed by atoms with Crippen LogP contribution in [0.1, 0.15) is 72.6 Å². The highest BCUT2D eigenvalue weighted by Crippen LogP contribution is 2.63. The highest BCUT2D eigenvalue weighted by atomic mass is 127. The van der Waals surface area contributed by atoms with Gasteiger partial charge in [0.25, 0.3) is 0 Å². The Labute approximate surface area is 155 Å². The number of hydrogen-bond acceptors (Lipinski definition) is 1. The van der Waals surface area contributed by atoms with E-state index in [0.29, 0.717) is 15.2 Å². The summed E-state index contributed by atoms with van der Waals surface area (Å²) in [4.78, 5) is 12.8. The maximum atomic E-state index is 12.8. The molecular formula is C20H32INO. The zero-order valence-electron chi connectivity index (χ0n) is 15.2. The van der Waals surface area contributed by atoms with E-state index in [9.17, 15) is 4.79 Å². The van der Waals surface area contributed by atoms with Crippen LogP contribution in [0.3, 0.4) is 0 Å². The van der Waals surface area contributed by atoms with E-state index in [4.69, 9.17) is 0 Å². The van der Waals surface area contributed by atoms with E-state index in [1.54, 1.807) is 5.57 Å². The number of carbonyl (C=O) groups is 1. The molecule has 0 bridgehead atoms. The van der Waals surface area contributed by atoms with E-state index in [0.717, 1.165) is 18.9 Å². The maximum absolute atomic E-state index is 12.8. The summed E-state index contributed by atoms with van der Waals surface area (Å²) in [6.07, 6.45) is 11.1. The molecule has 5 atom stereocenters. The number of nitrogens with one attached hydrogen (secondary N) is 1. The standard InChI is InChI=1S/C20H32INO/c1-5-22-17(23)20(4)11-6-10-19(3)15-9-12-18(2,21)13-14(15)7-8-16(19)20/h9,14,16H,5-8,10-13H2,1-4H3,(H,22,23)/t14?,16?,18-,19-,20+/m0/s1. The Morgan fingerprint density at radius 3 is 2.74 bits per heavy atom. The lowest BCUT2D eigenvalue weighted by Crippen LogP contribution is -2.55. The number of rotatable bonds is 2. The number of carbonyl (C=O) groups excluding carboxylic acids is 1. The average Bonchev–Trinajstić information content (AvgIpc) is 2.45. The summed E-state index contributed by atoms with van der Waals surface area (Å²) < 4.78 is 0.423. The second-order valence-corrected chi connectivity index (χ2v) is 11.5. The number of alkyl halides is 1. The third-order valence-corrected chi connectivity index (χ3v) is 7.99. The van der Waals surface area contributed by atoms with Crippen LogP contribution < -0.4 is 5.32 Å². The van der Waals surface area contributed by atoms with Crippen LogP contribution in [0.2, 0.25) is 0 Å². The van der Waals surface area contributed by atoms with E-state index in [-0.39, 0.29) is 10.8 Å². The van der Waals surface area contributed by atoms with Gasteiger partial charge < -0.3 is 5.32 Å². The first kappa shape index (κ1) is 17.8. The van der Waals surface area contributed by atoms with Gasteiger partial charge in [0, 0.05) is 15.4 Å². The van der Waals surface area contributed by atoms with Gasteiger partial charge in [-0.25, -0.2) is 0 Å². The van der Waals surface area contributed by atoms with Crippen molar-refractivity contribution in [2.45, 2.75) is 76.1 Å². The zero-order chi connectivity index (χ0) is 16.9.